The lowest BCUT2D eigenvalue weighted by molar-refractivity contribution is -0.274. The SMILES string of the molecule is O=C(NCc1ccccc1OC(F)(F)F)c1cc2ccccc2c(Cl)c1NC(=O)c1cc(Cn2nnc(C(F)(F)F)n2)nn1-c1ncccc1Cl. The number of amides is 2. The van der Waals surface area contributed by atoms with Crippen molar-refractivity contribution in [2.45, 2.75) is 25.6 Å². The number of nitrogens with one attached hydrogen (secondary N) is 2. The summed E-state index contributed by atoms with van der Waals surface area (Å²) in [6.07, 6.45) is -8.47. The van der Waals surface area contributed by atoms with Gasteiger partial charge >= 0.3 is 12.5 Å². The lowest BCUT2D eigenvalue weighted by Gasteiger charge is -2.17. The number of carbonyl (C=O) groups is 2. The van der Waals surface area contributed by atoms with Gasteiger partial charge in [-0.25, -0.2) is 9.67 Å². The quantitative estimate of drug-likeness (QED) is 0.153. The smallest absolute Gasteiger partial charge is 0.405 e. The number of alkyl halides is 6. The molecule has 3 aromatic carbocycles. The Balaban J connectivity index is 1.36. The van der Waals surface area contributed by atoms with E-state index in [0.29, 0.717) is 15.6 Å². The summed E-state index contributed by atoms with van der Waals surface area (Å²) in [5, 5.41) is 20.1. The zero-order valence-electron chi connectivity index (χ0n) is 25.3. The Morgan fingerprint density at radius 3 is 2.35 bits per heavy atom. The molecule has 0 fully saturated rings. The average Bonchev–Trinajstić information content (AvgIpc) is 3.73. The Hall–Kier alpha value is -5.75. The van der Waals surface area contributed by atoms with E-state index in [0.717, 1.165) is 10.7 Å². The van der Waals surface area contributed by atoms with Crippen LogP contribution >= 0.6 is 23.2 Å². The number of nitrogens with zero attached hydrogens (tertiary/aromatic N) is 7. The number of carbonyl (C=O) groups excluding carboxylic acids is 2. The number of ether oxygens (including phenoxy) is 1. The fourth-order valence-electron chi connectivity index (χ4n) is 4.86. The zero-order chi connectivity index (χ0) is 36.5. The number of aromatic nitrogens is 7. The predicted molar refractivity (Wildman–Crippen MR) is 169 cm³/mol. The number of fused-ring (bicyclic) bond motifs is 1. The van der Waals surface area contributed by atoms with Gasteiger partial charge in [-0.15, -0.1) is 23.4 Å². The van der Waals surface area contributed by atoms with Gasteiger partial charge in [0.15, 0.2) is 5.82 Å². The van der Waals surface area contributed by atoms with E-state index in [1.807, 2.05) is 0 Å². The molecular weight excluding hydrogens is 731 g/mol. The minimum absolute atomic E-state index is 0.00434. The van der Waals surface area contributed by atoms with Crippen molar-refractivity contribution in [3.63, 3.8) is 0 Å². The zero-order valence-corrected chi connectivity index (χ0v) is 26.8. The van der Waals surface area contributed by atoms with Crippen LogP contribution in [0.3, 0.4) is 0 Å². The van der Waals surface area contributed by atoms with Crippen molar-refractivity contribution in [2.75, 3.05) is 5.32 Å². The van der Waals surface area contributed by atoms with Gasteiger partial charge in [0.1, 0.15) is 18.0 Å². The van der Waals surface area contributed by atoms with E-state index in [9.17, 15) is 35.9 Å². The summed E-state index contributed by atoms with van der Waals surface area (Å²) < 4.78 is 83.2. The molecule has 2 amide bonds. The minimum atomic E-state index is -4.98. The number of hydrogen-bond donors (Lipinski definition) is 2. The molecule has 0 saturated carbocycles. The number of anilines is 1. The summed E-state index contributed by atoms with van der Waals surface area (Å²) in [5.74, 6) is -3.77. The van der Waals surface area contributed by atoms with Gasteiger partial charge in [-0.2, -0.15) is 23.1 Å². The van der Waals surface area contributed by atoms with Crippen LogP contribution in [0.5, 0.6) is 5.75 Å². The van der Waals surface area contributed by atoms with Gasteiger partial charge in [0, 0.05) is 23.7 Å². The molecular formula is C31H19Cl2F6N9O3. The Morgan fingerprint density at radius 2 is 1.63 bits per heavy atom. The highest BCUT2D eigenvalue weighted by molar-refractivity contribution is 6.40. The Morgan fingerprint density at radius 1 is 0.882 bits per heavy atom. The van der Waals surface area contributed by atoms with E-state index in [1.54, 1.807) is 24.3 Å². The molecule has 0 unspecified atom stereocenters. The molecule has 0 aliphatic rings. The van der Waals surface area contributed by atoms with Crippen LogP contribution < -0.4 is 15.4 Å². The van der Waals surface area contributed by atoms with Crippen molar-refractivity contribution in [1.29, 1.82) is 0 Å². The summed E-state index contributed by atoms with van der Waals surface area (Å²) >= 11 is 13.1. The van der Waals surface area contributed by atoms with Crippen molar-refractivity contribution in [1.82, 2.24) is 40.3 Å². The third-order valence-electron chi connectivity index (χ3n) is 7.05. The highest BCUT2D eigenvalue weighted by Gasteiger charge is 2.37. The van der Waals surface area contributed by atoms with Crippen molar-refractivity contribution in [3.05, 3.63) is 117 Å². The van der Waals surface area contributed by atoms with Crippen LogP contribution in [0.1, 0.15) is 37.9 Å². The van der Waals surface area contributed by atoms with E-state index >= 15 is 0 Å². The van der Waals surface area contributed by atoms with Gasteiger partial charge in [0.05, 0.1) is 27.0 Å². The second-order valence-electron chi connectivity index (χ2n) is 10.5. The van der Waals surface area contributed by atoms with Gasteiger partial charge < -0.3 is 15.4 Å². The molecule has 0 saturated heterocycles. The second kappa shape index (κ2) is 13.9. The van der Waals surface area contributed by atoms with E-state index in [-0.39, 0.29) is 44.1 Å². The van der Waals surface area contributed by atoms with Gasteiger partial charge in [-0.1, -0.05) is 65.7 Å². The Kier molecular flexibility index (Phi) is 9.54. The van der Waals surface area contributed by atoms with Gasteiger partial charge in [-0.05, 0) is 40.9 Å². The normalized spacial score (nSPS) is 11.8. The van der Waals surface area contributed by atoms with Crippen LogP contribution in [0.25, 0.3) is 16.6 Å². The fraction of sp³-hybridized carbons (Fsp3) is 0.129. The fourth-order valence-corrected chi connectivity index (χ4v) is 5.38. The van der Waals surface area contributed by atoms with Crippen molar-refractivity contribution >= 4 is 51.5 Å². The third kappa shape index (κ3) is 7.86. The number of pyridine rings is 1. The molecule has 0 aliphatic carbocycles. The molecule has 3 heterocycles. The predicted octanol–water partition coefficient (Wildman–Crippen LogP) is 6.86. The van der Waals surface area contributed by atoms with E-state index in [2.05, 4.69) is 40.9 Å². The summed E-state index contributed by atoms with van der Waals surface area (Å²) in [6.45, 7) is -0.853. The second-order valence-corrected chi connectivity index (χ2v) is 11.3. The maximum absolute atomic E-state index is 14.0. The highest BCUT2D eigenvalue weighted by atomic mass is 35.5. The van der Waals surface area contributed by atoms with Crippen molar-refractivity contribution in [2.24, 2.45) is 0 Å². The molecule has 51 heavy (non-hydrogen) atoms. The van der Waals surface area contributed by atoms with Crippen LogP contribution in [0, 0.1) is 0 Å². The summed E-state index contributed by atoms with van der Waals surface area (Å²) in [7, 11) is 0. The lowest BCUT2D eigenvalue weighted by atomic mass is 10.0. The van der Waals surface area contributed by atoms with Crippen LogP contribution in [0.4, 0.5) is 32.0 Å². The Bertz CT molecular complexity index is 2270. The molecule has 0 bridgehead atoms. The minimum Gasteiger partial charge on any atom is -0.405 e. The number of hydrogen-bond acceptors (Lipinski definition) is 8. The van der Waals surface area contributed by atoms with Crippen molar-refractivity contribution < 1.29 is 40.7 Å². The first-order valence-electron chi connectivity index (χ1n) is 14.4. The number of rotatable bonds is 9. The average molecular weight is 750 g/mol. The molecule has 0 spiro atoms. The first kappa shape index (κ1) is 35.1. The summed E-state index contributed by atoms with van der Waals surface area (Å²) in [4.78, 5) is 32.4. The van der Waals surface area contributed by atoms with Gasteiger partial charge in [0.25, 0.3) is 17.6 Å². The Labute approximate surface area is 291 Å². The van der Waals surface area contributed by atoms with E-state index in [1.165, 1.54) is 48.7 Å². The number of benzene rings is 3. The summed E-state index contributed by atoms with van der Waals surface area (Å²) in [6, 6.07) is 17.5. The standard InChI is InChI=1S/C31H19Cl2F6N9O3/c32-21-9-5-11-40-26(21)48-22(13-18(44-48)15-47-45-29(43-46-47)30(34,35)36)28(50)42-25-20(12-16-6-1-3-8-19(16)24(25)33)27(49)41-14-17-7-2-4-10-23(17)51-31(37,38)39/h1-13H,14-15H2,(H,41,49)(H,42,50). The molecule has 3 aromatic heterocycles. The molecule has 6 aromatic rings. The molecule has 6 rings (SSSR count). The number of halogens is 8. The maximum atomic E-state index is 14.0. The molecule has 0 atom stereocenters. The number of para-hydroxylation sites is 1. The number of tetrazole rings is 1. The van der Waals surface area contributed by atoms with E-state index < -0.39 is 49.0 Å². The molecule has 20 heteroatoms. The monoisotopic (exact) mass is 749 g/mol. The van der Waals surface area contributed by atoms with Crippen LogP contribution in [-0.2, 0) is 19.3 Å². The van der Waals surface area contributed by atoms with Gasteiger partial charge in [-0.3, -0.25) is 9.59 Å². The maximum Gasteiger partial charge on any atom is 0.573 e. The molecule has 0 radical (unpaired) electrons. The first-order valence-corrected chi connectivity index (χ1v) is 15.1. The van der Waals surface area contributed by atoms with Crippen LogP contribution in [0.15, 0.2) is 79.0 Å². The first-order chi connectivity index (χ1) is 24.2. The lowest BCUT2D eigenvalue weighted by Crippen LogP contribution is -2.26. The van der Waals surface area contributed by atoms with Gasteiger partial charge in [0.2, 0.25) is 0 Å². The van der Waals surface area contributed by atoms with Crippen LogP contribution in [0.2, 0.25) is 10.0 Å². The highest BCUT2D eigenvalue weighted by Crippen LogP contribution is 2.36. The largest absolute Gasteiger partial charge is 0.573 e. The third-order valence-corrected chi connectivity index (χ3v) is 7.74. The molecule has 12 nitrogen and oxygen atoms in total. The topological polar surface area (TPSA) is 142 Å². The van der Waals surface area contributed by atoms with Crippen LogP contribution in [-0.4, -0.2) is 53.1 Å². The van der Waals surface area contributed by atoms with E-state index in [4.69, 9.17) is 23.2 Å². The molecule has 0 aliphatic heterocycles. The molecule has 262 valence electrons. The summed E-state index contributed by atoms with van der Waals surface area (Å²) in [5.41, 5.74) is -0.568. The van der Waals surface area contributed by atoms with Crippen molar-refractivity contribution in [3.8, 4) is 11.6 Å². The molecule has 2 N–H and O–H groups in total.